The molecular weight excluding hydrogens is 344 g/mol. The number of hydrogen-bond donors (Lipinski definition) is 2. The minimum atomic E-state index is -0.257. The molecule has 0 unspecified atom stereocenters. The summed E-state index contributed by atoms with van der Waals surface area (Å²) in [6.07, 6.45) is 0. The van der Waals surface area contributed by atoms with E-state index in [2.05, 4.69) is 34.3 Å². The van der Waals surface area contributed by atoms with Crippen molar-refractivity contribution in [3.63, 3.8) is 0 Å². The Kier molecular flexibility index (Phi) is 4.68. The Morgan fingerprint density at radius 2 is 2.11 bits per heavy atom. The van der Waals surface area contributed by atoms with E-state index in [1.165, 1.54) is 0 Å². The molecule has 7 nitrogen and oxygen atoms in total. The molecule has 0 aliphatic carbocycles. The minimum Gasteiger partial charge on any atom is -0.497 e. The average molecular weight is 366 g/mol. The van der Waals surface area contributed by atoms with Crippen molar-refractivity contribution in [3.05, 3.63) is 53.9 Å². The number of ether oxygens (including phenoxy) is 2. The molecule has 0 bridgehead atoms. The van der Waals surface area contributed by atoms with Crippen LogP contribution in [0.1, 0.15) is 17.4 Å². The lowest BCUT2D eigenvalue weighted by molar-refractivity contribution is 0.0573. The number of para-hydroxylation sites is 1. The van der Waals surface area contributed by atoms with Gasteiger partial charge in [0.1, 0.15) is 18.2 Å². The highest BCUT2D eigenvalue weighted by atomic mass is 16.5. The summed E-state index contributed by atoms with van der Waals surface area (Å²) in [5.41, 5.74) is 3.91. The molecule has 1 atom stereocenters. The second-order valence-electron chi connectivity index (χ2n) is 6.57. The van der Waals surface area contributed by atoms with Gasteiger partial charge in [0.2, 0.25) is 0 Å². The van der Waals surface area contributed by atoms with Gasteiger partial charge < -0.3 is 24.7 Å². The van der Waals surface area contributed by atoms with Gasteiger partial charge in [0.25, 0.3) is 0 Å². The number of fused-ring (bicyclic) bond motifs is 3. The predicted octanol–water partition coefficient (Wildman–Crippen LogP) is 3.25. The fourth-order valence-corrected chi connectivity index (χ4v) is 3.39. The average Bonchev–Trinajstić information content (AvgIpc) is 3.08. The maximum Gasteiger partial charge on any atom is 0.319 e. The number of nitrogens with zero attached hydrogens (tertiary/aromatic N) is 2. The zero-order chi connectivity index (χ0) is 18.8. The van der Waals surface area contributed by atoms with Crippen molar-refractivity contribution in [3.8, 4) is 5.75 Å². The number of benzene rings is 2. The number of nitrogens with one attached hydrogen (secondary N) is 2. The van der Waals surface area contributed by atoms with Crippen LogP contribution in [0, 0.1) is 6.92 Å². The summed E-state index contributed by atoms with van der Waals surface area (Å²) in [6.45, 7) is 3.53. The van der Waals surface area contributed by atoms with E-state index in [-0.39, 0.29) is 12.1 Å². The molecule has 4 rings (SSSR count). The lowest BCUT2D eigenvalue weighted by atomic mass is 10.2. The summed E-state index contributed by atoms with van der Waals surface area (Å²) in [5.74, 6) is 1.64. The Morgan fingerprint density at radius 3 is 2.89 bits per heavy atom. The minimum absolute atomic E-state index is 0.00201. The summed E-state index contributed by atoms with van der Waals surface area (Å²) in [4.78, 5) is 17.0. The molecule has 2 heterocycles. The number of methoxy groups -OCH3 is 1. The molecular formula is C20H22N4O3. The molecule has 0 saturated carbocycles. The highest BCUT2D eigenvalue weighted by Gasteiger charge is 2.24. The van der Waals surface area contributed by atoms with Crippen molar-refractivity contribution in [2.75, 3.05) is 25.6 Å². The van der Waals surface area contributed by atoms with Crippen LogP contribution in [0.25, 0.3) is 11.0 Å². The Hall–Kier alpha value is -3.06. The Morgan fingerprint density at radius 1 is 1.30 bits per heavy atom. The number of imidazole rings is 1. The van der Waals surface area contributed by atoms with E-state index in [4.69, 9.17) is 14.5 Å². The van der Waals surface area contributed by atoms with E-state index in [1.807, 2.05) is 6.07 Å². The van der Waals surface area contributed by atoms with Crippen molar-refractivity contribution in [2.45, 2.75) is 19.6 Å². The maximum absolute atomic E-state index is 12.3. The van der Waals surface area contributed by atoms with Crippen molar-refractivity contribution in [1.82, 2.24) is 14.9 Å². The van der Waals surface area contributed by atoms with E-state index in [0.29, 0.717) is 25.4 Å². The van der Waals surface area contributed by atoms with E-state index < -0.39 is 0 Å². The summed E-state index contributed by atoms with van der Waals surface area (Å²) < 4.78 is 13.0. The zero-order valence-corrected chi connectivity index (χ0v) is 15.4. The molecule has 0 saturated heterocycles. The number of urea groups is 1. The standard InChI is InChI=1S/C20H22N4O3/c1-13-4-3-5-17-19(13)23-18-12-27-11-15(24(17)18)10-21-20(25)22-14-6-8-16(26-2)9-7-14/h3-9,15H,10-12H2,1-2H3,(H2,21,22,25)/t15-/m0/s1. The van der Waals surface area contributed by atoms with Gasteiger partial charge in [-0.25, -0.2) is 9.78 Å². The van der Waals surface area contributed by atoms with Crippen LogP contribution in [0.4, 0.5) is 10.5 Å². The number of amides is 2. The molecule has 1 aliphatic heterocycles. The van der Waals surface area contributed by atoms with E-state index in [1.54, 1.807) is 31.4 Å². The fraction of sp³-hybridized carbons (Fsp3) is 0.300. The second kappa shape index (κ2) is 7.28. The quantitative estimate of drug-likeness (QED) is 0.743. The number of anilines is 1. The van der Waals surface area contributed by atoms with Crippen LogP contribution in [0.5, 0.6) is 5.75 Å². The fourth-order valence-electron chi connectivity index (χ4n) is 3.39. The van der Waals surface area contributed by atoms with Gasteiger partial charge in [-0.3, -0.25) is 0 Å². The molecule has 0 radical (unpaired) electrons. The number of rotatable bonds is 4. The molecule has 3 aromatic rings. The predicted molar refractivity (Wildman–Crippen MR) is 103 cm³/mol. The Balaban J connectivity index is 1.45. The highest BCUT2D eigenvalue weighted by molar-refractivity contribution is 5.89. The molecule has 0 fully saturated rings. The summed E-state index contributed by atoms with van der Waals surface area (Å²) in [6, 6.07) is 13.1. The molecule has 140 valence electrons. The number of hydrogen-bond acceptors (Lipinski definition) is 4. The molecule has 1 aromatic heterocycles. The maximum atomic E-state index is 12.3. The van der Waals surface area contributed by atoms with Crippen molar-refractivity contribution >= 4 is 22.8 Å². The monoisotopic (exact) mass is 366 g/mol. The third kappa shape index (κ3) is 3.46. The number of carbonyl (C=O) groups is 1. The second-order valence-corrected chi connectivity index (χ2v) is 6.57. The van der Waals surface area contributed by atoms with E-state index >= 15 is 0 Å². The lowest BCUT2D eigenvalue weighted by Gasteiger charge is -2.26. The number of aromatic nitrogens is 2. The molecule has 27 heavy (non-hydrogen) atoms. The van der Waals surface area contributed by atoms with Crippen LogP contribution in [-0.4, -0.2) is 35.8 Å². The summed E-state index contributed by atoms with van der Waals surface area (Å²) >= 11 is 0. The van der Waals surface area contributed by atoms with Crippen LogP contribution < -0.4 is 15.4 Å². The van der Waals surface area contributed by atoms with Crippen LogP contribution in [-0.2, 0) is 11.3 Å². The molecule has 1 aliphatic rings. The zero-order valence-electron chi connectivity index (χ0n) is 15.4. The van der Waals surface area contributed by atoms with Crippen molar-refractivity contribution in [2.24, 2.45) is 0 Å². The largest absolute Gasteiger partial charge is 0.497 e. The van der Waals surface area contributed by atoms with Crippen LogP contribution >= 0.6 is 0 Å². The smallest absolute Gasteiger partial charge is 0.319 e. The summed E-state index contributed by atoms with van der Waals surface area (Å²) in [5, 5.41) is 5.76. The van der Waals surface area contributed by atoms with Gasteiger partial charge in [0.15, 0.2) is 0 Å². The van der Waals surface area contributed by atoms with E-state index in [9.17, 15) is 4.79 Å². The van der Waals surface area contributed by atoms with Crippen molar-refractivity contribution < 1.29 is 14.3 Å². The Bertz CT molecular complexity index is 965. The van der Waals surface area contributed by atoms with Gasteiger partial charge in [0, 0.05) is 12.2 Å². The van der Waals surface area contributed by atoms with Gasteiger partial charge in [-0.2, -0.15) is 0 Å². The first kappa shape index (κ1) is 17.4. The highest BCUT2D eigenvalue weighted by Crippen LogP contribution is 2.27. The summed E-state index contributed by atoms with van der Waals surface area (Å²) in [7, 11) is 1.61. The molecule has 7 heteroatoms. The van der Waals surface area contributed by atoms with Crippen LogP contribution in [0.2, 0.25) is 0 Å². The van der Waals surface area contributed by atoms with Gasteiger partial charge >= 0.3 is 6.03 Å². The number of aryl methyl sites for hydroxylation is 1. The SMILES string of the molecule is COc1ccc(NC(=O)NC[C@H]2COCc3nc4c(C)cccc4n32)cc1. The lowest BCUT2D eigenvalue weighted by Crippen LogP contribution is -2.37. The van der Waals surface area contributed by atoms with Gasteiger partial charge in [-0.1, -0.05) is 12.1 Å². The van der Waals surface area contributed by atoms with Crippen LogP contribution in [0.3, 0.4) is 0 Å². The molecule has 2 amide bonds. The van der Waals surface area contributed by atoms with Gasteiger partial charge in [-0.15, -0.1) is 0 Å². The first-order valence-electron chi connectivity index (χ1n) is 8.89. The normalized spacial score (nSPS) is 16.0. The third-order valence-electron chi connectivity index (χ3n) is 4.75. The Labute approximate surface area is 157 Å². The van der Waals surface area contributed by atoms with Crippen LogP contribution in [0.15, 0.2) is 42.5 Å². The van der Waals surface area contributed by atoms with Gasteiger partial charge in [-0.05, 0) is 42.8 Å². The topological polar surface area (TPSA) is 77.4 Å². The molecule has 0 spiro atoms. The first-order valence-corrected chi connectivity index (χ1v) is 8.89. The van der Waals surface area contributed by atoms with Gasteiger partial charge in [0.05, 0.1) is 30.8 Å². The molecule has 2 aromatic carbocycles. The molecule has 2 N–H and O–H groups in total. The number of carbonyl (C=O) groups excluding carboxylic acids is 1. The van der Waals surface area contributed by atoms with Crippen molar-refractivity contribution in [1.29, 1.82) is 0 Å². The van der Waals surface area contributed by atoms with E-state index in [0.717, 1.165) is 28.2 Å². The first-order chi connectivity index (χ1) is 13.2. The third-order valence-corrected chi connectivity index (χ3v) is 4.75.